The van der Waals surface area contributed by atoms with Crippen molar-refractivity contribution in [1.82, 2.24) is 0 Å². The first kappa shape index (κ1) is 19.2. The fourth-order valence-corrected chi connectivity index (χ4v) is 3.49. The second kappa shape index (κ2) is 8.40. The molecule has 0 bridgehead atoms. The lowest BCUT2D eigenvalue weighted by Crippen LogP contribution is -2.43. The summed E-state index contributed by atoms with van der Waals surface area (Å²) in [4.78, 5) is 0. The summed E-state index contributed by atoms with van der Waals surface area (Å²) in [6.07, 6.45) is -1.22. The molecule has 2 aromatic carbocycles. The maximum atomic E-state index is 10.0. The fraction of sp³-hybridized carbons (Fsp3) is 0.429. The van der Waals surface area contributed by atoms with Crippen molar-refractivity contribution in [3.05, 3.63) is 64.2 Å². The van der Waals surface area contributed by atoms with Crippen molar-refractivity contribution in [2.45, 2.75) is 51.1 Å². The van der Waals surface area contributed by atoms with Crippen LogP contribution < -0.4 is 4.74 Å². The van der Waals surface area contributed by atoms with E-state index in [-0.39, 0.29) is 6.10 Å². The molecule has 2 N–H and O–H groups in total. The average molecular weight is 377 g/mol. The Labute approximate surface area is 159 Å². The molecule has 3 rings (SSSR count). The highest BCUT2D eigenvalue weighted by Crippen LogP contribution is 2.34. The standard InChI is InChI=1S/C21H25ClO4/c1-3-25-17-7-4-14(5-8-17)10-16-11-15(6-9-18(16)22)20-12-19(23)21(24)13(2)26-20/h4-9,11,13,19-21,23-24H,3,10,12H2,1-2H3. The topological polar surface area (TPSA) is 58.9 Å². The molecule has 1 heterocycles. The van der Waals surface area contributed by atoms with Gasteiger partial charge >= 0.3 is 0 Å². The Kier molecular flexibility index (Phi) is 6.20. The molecular weight excluding hydrogens is 352 g/mol. The van der Waals surface area contributed by atoms with Crippen LogP contribution in [0.15, 0.2) is 42.5 Å². The van der Waals surface area contributed by atoms with Crippen molar-refractivity contribution in [3.63, 3.8) is 0 Å². The minimum absolute atomic E-state index is 0.250. The number of aliphatic hydroxyl groups is 2. The van der Waals surface area contributed by atoms with Gasteiger partial charge in [-0.15, -0.1) is 0 Å². The summed E-state index contributed by atoms with van der Waals surface area (Å²) in [5, 5.41) is 20.6. The molecule has 5 heteroatoms. The van der Waals surface area contributed by atoms with Crippen LogP contribution in [-0.2, 0) is 11.2 Å². The number of hydrogen-bond acceptors (Lipinski definition) is 4. The molecule has 1 saturated heterocycles. The summed E-state index contributed by atoms with van der Waals surface area (Å²) in [7, 11) is 0. The van der Waals surface area contributed by atoms with Crippen LogP contribution in [0.2, 0.25) is 5.02 Å². The highest BCUT2D eigenvalue weighted by molar-refractivity contribution is 6.31. The zero-order valence-corrected chi connectivity index (χ0v) is 15.8. The lowest BCUT2D eigenvalue weighted by molar-refractivity contribution is -0.163. The Hall–Kier alpha value is -1.59. The van der Waals surface area contributed by atoms with Gasteiger partial charge in [0.2, 0.25) is 0 Å². The number of rotatable bonds is 5. The molecule has 1 aliphatic rings. The van der Waals surface area contributed by atoms with Gasteiger partial charge in [-0.3, -0.25) is 0 Å². The number of ether oxygens (including phenoxy) is 2. The Bertz CT molecular complexity index is 719. The van der Waals surface area contributed by atoms with Gasteiger partial charge in [0, 0.05) is 11.4 Å². The van der Waals surface area contributed by atoms with Crippen molar-refractivity contribution >= 4 is 11.6 Å². The molecule has 4 nitrogen and oxygen atoms in total. The van der Waals surface area contributed by atoms with Crippen molar-refractivity contribution in [3.8, 4) is 5.75 Å². The predicted octanol–water partition coefficient (Wildman–Crippen LogP) is 3.90. The van der Waals surface area contributed by atoms with Crippen LogP contribution in [0.5, 0.6) is 5.75 Å². The maximum absolute atomic E-state index is 10.0. The highest BCUT2D eigenvalue weighted by Gasteiger charge is 2.34. The van der Waals surface area contributed by atoms with Gasteiger partial charge in [0.25, 0.3) is 0 Å². The molecule has 0 spiro atoms. The maximum Gasteiger partial charge on any atom is 0.119 e. The van der Waals surface area contributed by atoms with E-state index in [0.29, 0.717) is 24.5 Å². The van der Waals surface area contributed by atoms with Gasteiger partial charge in [0.05, 0.1) is 24.9 Å². The SMILES string of the molecule is CCOc1ccc(Cc2cc(C3CC(O)C(O)C(C)O3)ccc2Cl)cc1. The van der Waals surface area contributed by atoms with Gasteiger partial charge < -0.3 is 19.7 Å². The molecule has 0 aromatic heterocycles. The molecule has 0 radical (unpaired) electrons. The monoisotopic (exact) mass is 376 g/mol. The van der Waals surface area contributed by atoms with Gasteiger partial charge in [0.1, 0.15) is 11.9 Å². The highest BCUT2D eigenvalue weighted by atomic mass is 35.5. The van der Waals surface area contributed by atoms with Crippen molar-refractivity contribution in [2.24, 2.45) is 0 Å². The number of benzene rings is 2. The van der Waals surface area contributed by atoms with E-state index in [1.807, 2.05) is 49.4 Å². The van der Waals surface area contributed by atoms with Crippen LogP contribution in [0.3, 0.4) is 0 Å². The van der Waals surface area contributed by atoms with E-state index in [0.717, 1.165) is 22.4 Å². The molecule has 26 heavy (non-hydrogen) atoms. The third-order valence-electron chi connectivity index (χ3n) is 4.78. The molecule has 1 fully saturated rings. The summed E-state index contributed by atoms with van der Waals surface area (Å²) in [5.41, 5.74) is 3.11. The third-order valence-corrected chi connectivity index (χ3v) is 5.15. The first-order valence-electron chi connectivity index (χ1n) is 8.99. The quantitative estimate of drug-likeness (QED) is 0.830. The Morgan fingerprint density at radius 3 is 2.54 bits per heavy atom. The minimum atomic E-state index is -0.845. The second-order valence-electron chi connectivity index (χ2n) is 6.73. The summed E-state index contributed by atoms with van der Waals surface area (Å²) in [6, 6.07) is 13.8. The molecule has 0 amide bonds. The van der Waals surface area contributed by atoms with E-state index in [9.17, 15) is 10.2 Å². The van der Waals surface area contributed by atoms with Gasteiger partial charge in [0.15, 0.2) is 0 Å². The van der Waals surface area contributed by atoms with Crippen molar-refractivity contribution < 1.29 is 19.7 Å². The second-order valence-corrected chi connectivity index (χ2v) is 7.14. The van der Waals surface area contributed by atoms with Gasteiger partial charge in [-0.2, -0.15) is 0 Å². The zero-order chi connectivity index (χ0) is 18.7. The predicted molar refractivity (Wildman–Crippen MR) is 102 cm³/mol. The Balaban J connectivity index is 1.77. The van der Waals surface area contributed by atoms with Gasteiger partial charge in [-0.05, 0) is 55.2 Å². The van der Waals surface area contributed by atoms with Crippen LogP contribution in [0.4, 0.5) is 0 Å². The van der Waals surface area contributed by atoms with Crippen LogP contribution in [0, 0.1) is 0 Å². The van der Waals surface area contributed by atoms with E-state index >= 15 is 0 Å². The average Bonchev–Trinajstić information content (AvgIpc) is 2.63. The van der Waals surface area contributed by atoms with E-state index < -0.39 is 18.3 Å². The molecule has 4 atom stereocenters. The number of hydrogen-bond donors (Lipinski definition) is 2. The molecule has 140 valence electrons. The smallest absolute Gasteiger partial charge is 0.119 e. The lowest BCUT2D eigenvalue weighted by Gasteiger charge is -2.35. The van der Waals surface area contributed by atoms with Crippen molar-refractivity contribution in [2.75, 3.05) is 6.61 Å². The Morgan fingerprint density at radius 2 is 1.88 bits per heavy atom. The van der Waals surface area contributed by atoms with Gasteiger partial charge in [-0.1, -0.05) is 35.9 Å². The molecule has 1 aliphatic heterocycles. The first-order chi connectivity index (χ1) is 12.5. The summed E-state index contributed by atoms with van der Waals surface area (Å²) >= 11 is 6.39. The fourth-order valence-electron chi connectivity index (χ4n) is 3.30. The largest absolute Gasteiger partial charge is 0.494 e. The third kappa shape index (κ3) is 4.38. The van der Waals surface area contributed by atoms with E-state index in [4.69, 9.17) is 21.1 Å². The van der Waals surface area contributed by atoms with E-state index in [2.05, 4.69) is 0 Å². The Morgan fingerprint density at radius 1 is 1.15 bits per heavy atom. The van der Waals surface area contributed by atoms with Gasteiger partial charge in [-0.25, -0.2) is 0 Å². The number of halogens is 1. The summed E-state index contributed by atoms with van der Waals surface area (Å²) in [6.45, 7) is 4.38. The zero-order valence-electron chi connectivity index (χ0n) is 15.1. The summed E-state index contributed by atoms with van der Waals surface area (Å²) < 4.78 is 11.3. The first-order valence-corrected chi connectivity index (χ1v) is 9.37. The summed E-state index contributed by atoms with van der Waals surface area (Å²) in [5.74, 6) is 0.855. The molecule has 2 aromatic rings. The van der Waals surface area contributed by atoms with Crippen LogP contribution in [0.25, 0.3) is 0 Å². The molecule has 0 aliphatic carbocycles. The normalized spacial score (nSPS) is 25.9. The number of aliphatic hydroxyl groups excluding tert-OH is 2. The van der Waals surface area contributed by atoms with Crippen LogP contribution in [0.1, 0.15) is 43.1 Å². The van der Waals surface area contributed by atoms with Crippen LogP contribution in [-0.4, -0.2) is 35.1 Å². The molecule has 0 saturated carbocycles. The van der Waals surface area contributed by atoms with Crippen LogP contribution >= 0.6 is 11.6 Å². The molecular formula is C21H25ClO4. The van der Waals surface area contributed by atoms with E-state index in [1.165, 1.54) is 0 Å². The van der Waals surface area contributed by atoms with Crippen molar-refractivity contribution in [1.29, 1.82) is 0 Å². The minimum Gasteiger partial charge on any atom is -0.494 e. The van der Waals surface area contributed by atoms with E-state index in [1.54, 1.807) is 6.92 Å². The molecule has 4 unspecified atom stereocenters. The lowest BCUT2D eigenvalue weighted by atomic mass is 9.93.